The molecular weight excluding hydrogens is 376 g/mol. The molecule has 140 valence electrons. The molecule has 0 atom stereocenters. The second-order valence-corrected chi connectivity index (χ2v) is 7.38. The van der Waals surface area contributed by atoms with E-state index in [0.717, 1.165) is 15.8 Å². The van der Waals surface area contributed by atoms with Crippen LogP contribution in [0.15, 0.2) is 54.9 Å². The summed E-state index contributed by atoms with van der Waals surface area (Å²) >= 11 is 1.40. The summed E-state index contributed by atoms with van der Waals surface area (Å²) in [5.41, 5.74) is 2.38. The molecule has 1 aliphatic heterocycles. The molecule has 1 amide bonds. The molecule has 7 nitrogen and oxygen atoms in total. The number of fused-ring (bicyclic) bond motifs is 2. The lowest BCUT2D eigenvalue weighted by Crippen LogP contribution is -2.15. The lowest BCUT2D eigenvalue weighted by molar-refractivity contribution is 0.102. The molecule has 8 heteroatoms. The van der Waals surface area contributed by atoms with E-state index in [4.69, 9.17) is 9.47 Å². The van der Waals surface area contributed by atoms with Crippen LogP contribution in [-0.2, 0) is 6.54 Å². The summed E-state index contributed by atoms with van der Waals surface area (Å²) in [6, 6.07) is 13.7. The quantitative estimate of drug-likeness (QED) is 0.575. The van der Waals surface area contributed by atoms with Gasteiger partial charge in [0.05, 0.1) is 28.5 Å². The van der Waals surface area contributed by atoms with Crippen molar-refractivity contribution in [3.8, 4) is 11.5 Å². The van der Waals surface area contributed by atoms with Crippen molar-refractivity contribution in [2.24, 2.45) is 0 Å². The van der Waals surface area contributed by atoms with Crippen LogP contribution in [0.5, 0.6) is 11.5 Å². The number of hydrogen-bond acceptors (Lipinski definition) is 6. The van der Waals surface area contributed by atoms with Crippen LogP contribution >= 0.6 is 11.3 Å². The van der Waals surface area contributed by atoms with Gasteiger partial charge < -0.3 is 9.47 Å². The van der Waals surface area contributed by atoms with E-state index in [9.17, 15) is 4.79 Å². The zero-order valence-electron chi connectivity index (χ0n) is 14.8. The highest BCUT2D eigenvalue weighted by Gasteiger charge is 2.17. The Morgan fingerprint density at radius 2 is 1.93 bits per heavy atom. The van der Waals surface area contributed by atoms with Gasteiger partial charge in [-0.1, -0.05) is 41.7 Å². The van der Waals surface area contributed by atoms with Crippen molar-refractivity contribution in [3.05, 3.63) is 66.0 Å². The van der Waals surface area contributed by atoms with Crippen LogP contribution in [0.1, 0.15) is 15.9 Å². The summed E-state index contributed by atoms with van der Waals surface area (Å²) in [7, 11) is 0. The van der Waals surface area contributed by atoms with Gasteiger partial charge in [0.25, 0.3) is 5.91 Å². The normalized spacial score (nSPS) is 12.9. The SMILES string of the molecule is O=C(Nc1nc2cc3c(cc2s1)OCCO3)c1cnn(Cc2ccccc2)c1. The summed E-state index contributed by atoms with van der Waals surface area (Å²) in [5.74, 6) is 1.15. The van der Waals surface area contributed by atoms with Crippen LogP contribution in [0, 0.1) is 0 Å². The molecule has 1 N–H and O–H groups in total. The maximum atomic E-state index is 12.6. The van der Waals surface area contributed by atoms with Crippen molar-refractivity contribution in [2.45, 2.75) is 6.54 Å². The summed E-state index contributed by atoms with van der Waals surface area (Å²) in [4.78, 5) is 17.1. The van der Waals surface area contributed by atoms with Crippen molar-refractivity contribution >= 4 is 32.6 Å². The second-order valence-electron chi connectivity index (χ2n) is 6.35. The van der Waals surface area contributed by atoms with Gasteiger partial charge in [0.1, 0.15) is 13.2 Å². The number of carbonyl (C=O) groups is 1. The Kier molecular flexibility index (Phi) is 4.17. The van der Waals surface area contributed by atoms with Crippen molar-refractivity contribution < 1.29 is 14.3 Å². The highest BCUT2D eigenvalue weighted by Crippen LogP contribution is 2.37. The molecule has 0 saturated heterocycles. The molecule has 2 aromatic carbocycles. The predicted octanol–water partition coefficient (Wildman–Crippen LogP) is 3.56. The average molecular weight is 392 g/mol. The van der Waals surface area contributed by atoms with Crippen molar-refractivity contribution in [2.75, 3.05) is 18.5 Å². The Morgan fingerprint density at radius 3 is 2.75 bits per heavy atom. The van der Waals surface area contributed by atoms with Crippen molar-refractivity contribution in [1.82, 2.24) is 14.8 Å². The lowest BCUT2D eigenvalue weighted by atomic mass is 10.2. The Morgan fingerprint density at radius 1 is 1.14 bits per heavy atom. The van der Waals surface area contributed by atoms with Crippen LogP contribution < -0.4 is 14.8 Å². The highest BCUT2D eigenvalue weighted by atomic mass is 32.1. The van der Waals surface area contributed by atoms with Gasteiger partial charge in [-0.3, -0.25) is 14.8 Å². The number of nitrogens with zero attached hydrogens (tertiary/aromatic N) is 3. The van der Waals surface area contributed by atoms with Crippen LogP contribution in [-0.4, -0.2) is 33.9 Å². The van der Waals surface area contributed by atoms with E-state index in [-0.39, 0.29) is 5.91 Å². The van der Waals surface area contributed by atoms with E-state index < -0.39 is 0 Å². The smallest absolute Gasteiger partial charge is 0.260 e. The molecule has 0 unspecified atom stereocenters. The topological polar surface area (TPSA) is 78.3 Å². The Labute approximate surface area is 164 Å². The van der Waals surface area contributed by atoms with E-state index in [0.29, 0.717) is 42.0 Å². The van der Waals surface area contributed by atoms with Gasteiger partial charge in [0.15, 0.2) is 16.6 Å². The van der Waals surface area contributed by atoms with E-state index in [1.165, 1.54) is 11.3 Å². The number of aromatic nitrogens is 3. The first-order chi connectivity index (χ1) is 13.7. The molecule has 1 aliphatic rings. The fraction of sp³-hybridized carbons (Fsp3) is 0.150. The Balaban J connectivity index is 1.32. The van der Waals surface area contributed by atoms with E-state index in [1.807, 2.05) is 42.5 Å². The van der Waals surface area contributed by atoms with Gasteiger partial charge in [-0.05, 0) is 5.56 Å². The van der Waals surface area contributed by atoms with Gasteiger partial charge in [0, 0.05) is 18.3 Å². The number of amides is 1. The molecule has 0 radical (unpaired) electrons. The predicted molar refractivity (Wildman–Crippen MR) is 106 cm³/mol. The Bertz CT molecular complexity index is 1110. The van der Waals surface area contributed by atoms with Gasteiger partial charge in [0.2, 0.25) is 0 Å². The first-order valence-electron chi connectivity index (χ1n) is 8.82. The first kappa shape index (κ1) is 16.8. The first-order valence-corrected chi connectivity index (χ1v) is 9.64. The fourth-order valence-corrected chi connectivity index (χ4v) is 3.90. The molecule has 0 bridgehead atoms. The number of thiazole rings is 1. The van der Waals surface area contributed by atoms with Crippen LogP contribution in [0.3, 0.4) is 0 Å². The maximum absolute atomic E-state index is 12.6. The summed E-state index contributed by atoms with van der Waals surface area (Å²) in [5, 5.41) is 7.65. The minimum atomic E-state index is -0.240. The summed E-state index contributed by atoms with van der Waals surface area (Å²) in [6.07, 6.45) is 3.29. The van der Waals surface area contributed by atoms with Crippen molar-refractivity contribution in [1.29, 1.82) is 0 Å². The lowest BCUT2D eigenvalue weighted by Gasteiger charge is -2.17. The van der Waals surface area contributed by atoms with Gasteiger partial charge in [-0.15, -0.1) is 0 Å². The third-order valence-corrected chi connectivity index (χ3v) is 5.29. The minimum Gasteiger partial charge on any atom is -0.486 e. The molecule has 0 saturated carbocycles. The second kappa shape index (κ2) is 6.97. The third-order valence-electron chi connectivity index (χ3n) is 4.36. The average Bonchev–Trinajstić information content (AvgIpc) is 3.33. The Hall–Kier alpha value is -3.39. The van der Waals surface area contributed by atoms with Crippen LogP contribution in [0.25, 0.3) is 10.2 Å². The molecule has 3 heterocycles. The number of anilines is 1. The highest BCUT2D eigenvalue weighted by molar-refractivity contribution is 7.22. The maximum Gasteiger partial charge on any atom is 0.260 e. The largest absolute Gasteiger partial charge is 0.486 e. The third kappa shape index (κ3) is 3.29. The number of carbonyl (C=O) groups excluding carboxylic acids is 1. The zero-order valence-corrected chi connectivity index (χ0v) is 15.6. The van der Waals surface area contributed by atoms with E-state index >= 15 is 0 Å². The zero-order chi connectivity index (χ0) is 18.9. The molecular formula is C20H16N4O3S. The van der Waals surface area contributed by atoms with E-state index in [2.05, 4.69) is 15.4 Å². The van der Waals surface area contributed by atoms with Gasteiger partial charge >= 0.3 is 0 Å². The van der Waals surface area contributed by atoms with E-state index in [1.54, 1.807) is 17.1 Å². The van der Waals surface area contributed by atoms with Crippen LogP contribution in [0.2, 0.25) is 0 Å². The van der Waals surface area contributed by atoms with Gasteiger partial charge in [-0.2, -0.15) is 5.10 Å². The number of ether oxygens (including phenoxy) is 2. The number of hydrogen-bond donors (Lipinski definition) is 1. The summed E-state index contributed by atoms with van der Waals surface area (Å²) < 4.78 is 13.9. The molecule has 0 fully saturated rings. The number of nitrogens with one attached hydrogen (secondary N) is 1. The molecule has 4 aromatic rings. The molecule has 5 rings (SSSR count). The molecule has 28 heavy (non-hydrogen) atoms. The fourth-order valence-electron chi connectivity index (χ4n) is 3.03. The van der Waals surface area contributed by atoms with Gasteiger partial charge in [-0.25, -0.2) is 4.98 Å². The molecule has 2 aromatic heterocycles. The number of rotatable bonds is 4. The molecule has 0 spiro atoms. The molecule has 0 aliphatic carbocycles. The van der Waals surface area contributed by atoms with Crippen LogP contribution in [0.4, 0.5) is 5.13 Å². The minimum absolute atomic E-state index is 0.240. The summed E-state index contributed by atoms with van der Waals surface area (Å²) in [6.45, 7) is 1.67. The number of benzene rings is 2. The van der Waals surface area contributed by atoms with Crippen molar-refractivity contribution in [3.63, 3.8) is 0 Å². The monoisotopic (exact) mass is 392 g/mol. The standard InChI is InChI=1S/C20H16N4O3S/c25-19(14-10-21-24(12-14)11-13-4-2-1-3-5-13)23-20-22-15-8-16-17(9-18(15)28-20)27-7-6-26-16/h1-5,8-10,12H,6-7,11H2,(H,22,23,25).